The molecular formula is C75H82N4O15Si2. The smallest absolute Gasteiger partial charge is 0.465 e. The van der Waals surface area contributed by atoms with Gasteiger partial charge in [0.1, 0.15) is 26.4 Å². The third kappa shape index (κ3) is 13.3. The van der Waals surface area contributed by atoms with Crippen molar-refractivity contribution in [3.63, 3.8) is 0 Å². The number of aromatic nitrogens is 4. The number of nitrogens with zero attached hydrogens (tertiary/aromatic N) is 4. The van der Waals surface area contributed by atoms with E-state index >= 15 is 0 Å². The molecule has 1 saturated carbocycles. The summed E-state index contributed by atoms with van der Waals surface area (Å²) in [5.74, 6) is -1.43. The number of hydrogen-bond donors (Lipinski definition) is 1. The molecule has 0 bridgehead atoms. The number of carbonyl (C=O) groups is 5. The van der Waals surface area contributed by atoms with Crippen LogP contribution >= 0.6 is 0 Å². The molecule has 0 amide bonds. The fraction of sp³-hybridized carbons (Fsp3) is 0.400. The van der Waals surface area contributed by atoms with Gasteiger partial charge in [0, 0.05) is 55.8 Å². The number of aliphatic hydroxyl groups excluding tert-OH is 1. The molecule has 21 heteroatoms. The van der Waals surface area contributed by atoms with Gasteiger partial charge in [-0.3, -0.25) is 14.4 Å². The van der Waals surface area contributed by atoms with E-state index in [0.717, 1.165) is 113 Å². The van der Waals surface area contributed by atoms with Crippen LogP contribution in [0.5, 0.6) is 0 Å². The van der Waals surface area contributed by atoms with Crippen LogP contribution in [-0.2, 0) is 111 Å². The van der Waals surface area contributed by atoms with E-state index in [4.69, 9.17) is 43.1 Å². The van der Waals surface area contributed by atoms with Crippen LogP contribution in [0.1, 0.15) is 114 Å². The van der Waals surface area contributed by atoms with Crippen LogP contribution in [0, 0.1) is 5.92 Å². The molecule has 1 aliphatic carbocycles. The van der Waals surface area contributed by atoms with Crippen molar-refractivity contribution < 1.29 is 62.2 Å². The summed E-state index contributed by atoms with van der Waals surface area (Å²) in [5, 5.41) is 11.5. The largest absolute Gasteiger partial charge is 0.510 e. The topological polar surface area (TPSA) is 240 Å². The molecule has 5 aliphatic rings. The Kier molecular flexibility index (Phi) is 19.5. The highest BCUT2D eigenvalue weighted by atomic mass is 28.3. The molecule has 0 unspecified atom stereocenters. The lowest BCUT2D eigenvalue weighted by atomic mass is 9.85. The van der Waals surface area contributed by atoms with E-state index in [2.05, 4.69) is 38.3 Å². The minimum absolute atomic E-state index is 0.0268. The number of aliphatic hydroxyl groups is 1. The lowest BCUT2D eigenvalue weighted by Gasteiger charge is -2.35. The molecule has 0 saturated heterocycles. The highest BCUT2D eigenvalue weighted by Crippen LogP contribution is 2.45. The van der Waals surface area contributed by atoms with Gasteiger partial charge in [-0.25, -0.2) is 29.1 Å². The fourth-order valence-electron chi connectivity index (χ4n) is 14.1. The number of benzene rings is 4. The highest BCUT2D eigenvalue weighted by Gasteiger charge is 2.53. The zero-order valence-electron chi connectivity index (χ0n) is 55.4. The van der Waals surface area contributed by atoms with Crippen LogP contribution < -0.4 is 11.1 Å². The van der Waals surface area contributed by atoms with Crippen molar-refractivity contribution in [2.24, 2.45) is 5.92 Å². The number of cyclic esters (lactones) is 2. The number of fused-ring (bicyclic) bond motifs is 10. The molecule has 4 aromatic carbocycles. The summed E-state index contributed by atoms with van der Waals surface area (Å²) in [6.07, 6.45) is 4.40. The average molecular weight is 1340 g/mol. The van der Waals surface area contributed by atoms with Crippen molar-refractivity contribution in [3.8, 4) is 22.8 Å². The zero-order chi connectivity index (χ0) is 67.5. The molecule has 8 heterocycles. The molecule has 96 heavy (non-hydrogen) atoms. The van der Waals surface area contributed by atoms with Gasteiger partial charge >= 0.3 is 30.2 Å². The maximum Gasteiger partial charge on any atom is 0.510 e. The summed E-state index contributed by atoms with van der Waals surface area (Å²) in [6, 6.07) is 42.1. The first kappa shape index (κ1) is 66.9. The SMILES string of the molecule is CC[C@@]1(OC(=O)OCc2ccccc2)C(=O)OCc2c1cc1n(c2=O)Cc2c-1nc1ccccc1c2CC[Si](C)(C)CCCO.CC[C@@]1(OC(=O)OCc2ccccc2)C(=O)OCc2c1cc1n(c2=O)Cc2c-1nc1ccccc1c2CC[Si](C)(C)CCCOC(=O)C1CCC1. The Bertz CT molecular complexity index is 4450. The summed E-state index contributed by atoms with van der Waals surface area (Å²) in [7, 11) is -3.26. The number of carbonyl (C=O) groups excluding carboxylic acids is 5. The second-order valence-corrected chi connectivity index (χ2v) is 38.0. The Balaban J connectivity index is 0.000000185. The molecule has 1 N–H and O–H groups in total. The molecule has 1 fully saturated rings. The summed E-state index contributed by atoms with van der Waals surface area (Å²) >= 11 is 0. The van der Waals surface area contributed by atoms with Crippen molar-refractivity contribution in [1.29, 1.82) is 0 Å². The van der Waals surface area contributed by atoms with Gasteiger partial charge in [-0.05, 0) is 97.9 Å². The Morgan fingerprint density at radius 1 is 0.562 bits per heavy atom. The molecular weight excluding hydrogens is 1250 g/mol. The van der Waals surface area contributed by atoms with Crippen molar-refractivity contribution in [1.82, 2.24) is 19.1 Å². The lowest BCUT2D eigenvalue weighted by Crippen LogP contribution is -2.47. The monoisotopic (exact) mass is 1330 g/mol. The van der Waals surface area contributed by atoms with Crippen LogP contribution in [0.4, 0.5) is 9.59 Å². The lowest BCUT2D eigenvalue weighted by molar-refractivity contribution is -0.176. The van der Waals surface area contributed by atoms with E-state index in [-0.39, 0.29) is 80.0 Å². The maximum absolute atomic E-state index is 14.2. The van der Waals surface area contributed by atoms with Gasteiger partial charge in [-0.15, -0.1) is 0 Å². The van der Waals surface area contributed by atoms with Gasteiger partial charge < -0.3 is 47.4 Å². The van der Waals surface area contributed by atoms with Crippen LogP contribution in [0.15, 0.2) is 131 Å². The van der Waals surface area contributed by atoms with Gasteiger partial charge in [-0.2, -0.15) is 0 Å². The van der Waals surface area contributed by atoms with E-state index in [1.807, 2.05) is 97.1 Å². The first-order valence-electron chi connectivity index (χ1n) is 33.5. The Labute approximate surface area is 559 Å². The zero-order valence-corrected chi connectivity index (χ0v) is 57.4. The van der Waals surface area contributed by atoms with E-state index in [9.17, 15) is 38.7 Å². The minimum atomic E-state index is -1.85. The third-order valence-electron chi connectivity index (χ3n) is 20.1. The quantitative estimate of drug-likeness (QED) is 0.0287. The molecule has 0 radical (unpaired) electrons. The highest BCUT2D eigenvalue weighted by molar-refractivity contribution is 6.77. The van der Waals surface area contributed by atoms with Crippen LogP contribution in [0.2, 0.25) is 50.4 Å². The average Bonchev–Trinajstić information content (AvgIpc) is 1.50. The summed E-state index contributed by atoms with van der Waals surface area (Å²) in [6.45, 7) is 13.8. The minimum Gasteiger partial charge on any atom is -0.465 e. The maximum atomic E-state index is 14.2. The van der Waals surface area contributed by atoms with E-state index < -0.39 is 51.6 Å². The predicted octanol–water partition coefficient (Wildman–Crippen LogP) is 13.5. The number of ether oxygens (including phenoxy) is 7. The first-order chi connectivity index (χ1) is 46.3. The number of pyridine rings is 4. The Morgan fingerprint density at radius 2 is 0.990 bits per heavy atom. The Hall–Kier alpha value is -9.06. The molecule has 0 spiro atoms. The normalized spacial score (nSPS) is 17.4. The van der Waals surface area contributed by atoms with E-state index in [0.29, 0.717) is 53.6 Å². The Morgan fingerprint density at radius 3 is 1.41 bits per heavy atom. The van der Waals surface area contributed by atoms with Gasteiger partial charge in [0.2, 0.25) is 11.2 Å². The summed E-state index contributed by atoms with van der Waals surface area (Å²) in [5.41, 5.74) is 7.03. The molecule has 19 nitrogen and oxygen atoms in total. The molecule has 8 aromatic rings. The molecule has 500 valence electrons. The number of hydrogen-bond acceptors (Lipinski definition) is 17. The second kappa shape index (κ2) is 28.0. The number of rotatable bonds is 22. The molecule has 13 rings (SSSR count). The van der Waals surface area contributed by atoms with Crippen molar-refractivity contribution >= 4 is 68.2 Å². The number of aryl methyl sites for hydroxylation is 2. The van der Waals surface area contributed by atoms with Gasteiger partial charge in [0.15, 0.2) is 0 Å². The van der Waals surface area contributed by atoms with Gasteiger partial charge in [-0.1, -0.05) is 168 Å². The number of para-hydroxylation sites is 2. The van der Waals surface area contributed by atoms with Crippen LogP contribution in [0.3, 0.4) is 0 Å². The standard InChI is InChI=1S/C40H44N2O8Si.C35H38N2O7Si/c1-4-40(50-39(46)49-24-26-12-6-5-7-13-26)32-22-34-35-30(23-42(34)36(43)31(32)25-48-38(40)45)28(29-16-8-9-17-33(29)41-35)18-21-51(2,3)20-11-19-47-37(44)27-14-10-15-27;1-4-35(44-34(41)43-21-23-11-6-5-7-12-23)28-19-30-31-26(20-37(30)32(39)27(28)22-42-33(35)40)24(15-18-45(2,3)17-10-16-38)25-13-8-9-14-29(25)36-31/h5-9,12-13,16-17,22,27H,4,10-11,14-15,18-21,23-25H2,1-3H3;5-9,11-14,19,38H,4,10,15-18,20-22H2,1-3H3/t40-;35-/m00/s1. The van der Waals surface area contributed by atoms with Gasteiger partial charge in [0.25, 0.3) is 11.1 Å². The van der Waals surface area contributed by atoms with Crippen LogP contribution in [0.25, 0.3) is 44.6 Å². The van der Waals surface area contributed by atoms with Crippen LogP contribution in [-0.4, -0.2) is 83.8 Å². The molecule has 2 atom stereocenters. The van der Waals surface area contributed by atoms with Crippen molar-refractivity contribution in [2.75, 3.05) is 13.2 Å². The van der Waals surface area contributed by atoms with Crippen molar-refractivity contribution in [2.45, 2.75) is 173 Å². The fourth-order valence-corrected chi connectivity index (χ4v) is 18.7. The molecule has 4 aliphatic heterocycles. The first-order valence-corrected chi connectivity index (χ1v) is 40.4. The van der Waals surface area contributed by atoms with E-state index in [1.54, 1.807) is 35.1 Å². The predicted molar refractivity (Wildman–Crippen MR) is 366 cm³/mol. The van der Waals surface area contributed by atoms with E-state index in [1.165, 1.54) is 11.1 Å². The summed E-state index contributed by atoms with van der Waals surface area (Å²) < 4.78 is 42.3. The molecule has 4 aromatic heterocycles. The van der Waals surface area contributed by atoms with Gasteiger partial charge in [0.05, 0.1) is 70.6 Å². The van der Waals surface area contributed by atoms with Crippen molar-refractivity contribution in [3.05, 3.63) is 198 Å². The summed E-state index contributed by atoms with van der Waals surface area (Å²) in [4.78, 5) is 103. The number of esters is 3. The second-order valence-electron chi connectivity index (χ2n) is 27.3. The third-order valence-corrected chi connectivity index (χ3v) is 26.7.